The van der Waals surface area contributed by atoms with Crippen molar-refractivity contribution in [2.75, 3.05) is 13.1 Å². The predicted octanol–water partition coefficient (Wildman–Crippen LogP) is 0.311. The lowest BCUT2D eigenvalue weighted by Crippen LogP contribution is -2.38. The van der Waals surface area contributed by atoms with Crippen LogP contribution in [0.2, 0.25) is 0 Å². The smallest absolute Gasteiger partial charge is 0.328 e. The topological polar surface area (TPSA) is 112 Å². The molecule has 1 aliphatic heterocycles. The van der Waals surface area contributed by atoms with E-state index in [1.54, 1.807) is 0 Å². The molecular formula is C18H18FN3O5. The average Bonchev–Trinajstić information content (AvgIpc) is 3.06. The number of aliphatic carboxylic acids is 1. The zero-order chi connectivity index (χ0) is 19.7. The number of halogens is 1. The van der Waals surface area contributed by atoms with Crippen molar-refractivity contribution < 1.29 is 19.1 Å². The molecule has 2 heterocycles. The van der Waals surface area contributed by atoms with Gasteiger partial charge in [-0.15, -0.1) is 0 Å². The van der Waals surface area contributed by atoms with E-state index in [-0.39, 0.29) is 25.2 Å². The molecule has 2 atom stereocenters. The van der Waals surface area contributed by atoms with Crippen LogP contribution in [-0.4, -0.2) is 44.5 Å². The van der Waals surface area contributed by atoms with Gasteiger partial charge in [-0.25, -0.2) is 9.18 Å². The van der Waals surface area contributed by atoms with Crippen LogP contribution < -0.4 is 11.2 Å². The lowest BCUT2D eigenvalue weighted by molar-refractivity contribution is -0.141. The molecule has 9 heteroatoms. The van der Waals surface area contributed by atoms with Gasteiger partial charge in [0.25, 0.3) is 5.56 Å². The highest BCUT2D eigenvalue weighted by Crippen LogP contribution is 2.33. The Kier molecular flexibility index (Phi) is 4.93. The first-order valence-electron chi connectivity index (χ1n) is 8.32. The average molecular weight is 375 g/mol. The number of aryl methyl sites for hydroxylation is 1. The molecule has 0 spiro atoms. The fourth-order valence-corrected chi connectivity index (χ4v) is 3.29. The van der Waals surface area contributed by atoms with E-state index in [2.05, 4.69) is 4.98 Å². The van der Waals surface area contributed by atoms with E-state index in [0.29, 0.717) is 5.56 Å². The molecule has 2 N–H and O–H groups in total. The summed E-state index contributed by atoms with van der Waals surface area (Å²) >= 11 is 0. The number of nitrogens with zero attached hydrogens (tertiary/aromatic N) is 2. The van der Waals surface area contributed by atoms with Crippen LogP contribution in [0.15, 0.2) is 40.1 Å². The highest BCUT2D eigenvalue weighted by atomic mass is 19.1. The quantitative estimate of drug-likeness (QED) is 0.799. The first kappa shape index (κ1) is 18.6. The van der Waals surface area contributed by atoms with Gasteiger partial charge in [-0.05, 0) is 24.6 Å². The molecule has 2 aromatic rings. The molecule has 142 valence electrons. The van der Waals surface area contributed by atoms with Gasteiger partial charge in [-0.2, -0.15) is 0 Å². The number of nitrogens with one attached hydrogen (secondary N) is 1. The molecule has 27 heavy (non-hydrogen) atoms. The second-order valence-electron chi connectivity index (χ2n) is 6.60. The summed E-state index contributed by atoms with van der Waals surface area (Å²) in [4.78, 5) is 50.9. The molecule has 1 aromatic carbocycles. The first-order valence-corrected chi connectivity index (χ1v) is 8.32. The number of likely N-dealkylation sites (tertiary alicyclic amines) is 1. The van der Waals surface area contributed by atoms with E-state index >= 15 is 0 Å². The molecule has 1 saturated heterocycles. The largest absolute Gasteiger partial charge is 0.481 e. The third-order valence-electron chi connectivity index (χ3n) is 4.78. The Bertz CT molecular complexity index is 995. The predicted molar refractivity (Wildman–Crippen MR) is 92.9 cm³/mol. The van der Waals surface area contributed by atoms with Crippen molar-refractivity contribution in [3.8, 4) is 0 Å². The Labute approximate surface area is 152 Å². The standard InChI is InChI=1S/C18H18FN3O5/c1-10-6-22(18(27)20-16(10)24)9-15(23)21-7-13(14(8-21)17(25)26)11-2-4-12(19)5-3-11/h2-6,13-14H,7-9H2,1H3,(H,25,26)(H,20,24,27)/t13-,14+/m0/s1. The van der Waals surface area contributed by atoms with Gasteiger partial charge in [0.1, 0.15) is 12.4 Å². The van der Waals surface area contributed by atoms with Crippen LogP contribution in [0, 0.1) is 18.7 Å². The van der Waals surface area contributed by atoms with Gasteiger partial charge in [0.15, 0.2) is 0 Å². The number of rotatable bonds is 4. The number of amides is 1. The van der Waals surface area contributed by atoms with Crippen LogP contribution in [-0.2, 0) is 16.1 Å². The summed E-state index contributed by atoms with van der Waals surface area (Å²) < 4.78 is 14.2. The van der Waals surface area contributed by atoms with Crippen LogP contribution in [0.25, 0.3) is 0 Å². The third-order valence-corrected chi connectivity index (χ3v) is 4.78. The van der Waals surface area contributed by atoms with Crippen LogP contribution in [0.4, 0.5) is 4.39 Å². The van der Waals surface area contributed by atoms with Crippen molar-refractivity contribution in [2.24, 2.45) is 5.92 Å². The Morgan fingerprint density at radius 1 is 1.22 bits per heavy atom. The lowest BCUT2D eigenvalue weighted by Gasteiger charge is -2.17. The minimum absolute atomic E-state index is 0.00665. The van der Waals surface area contributed by atoms with E-state index in [0.717, 1.165) is 4.57 Å². The van der Waals surface area contributed by atoms with E-state index in [1.807, 2.05) is 0 Å². The highest BCUT2D eigenvalue weighted by molar-refractivity contribution is 5.79. The second kappa shape index (κ2) is 7.18. The van der Waals surface area contributed by atoms with Crippen molar-refractivity contribution in [2.45, 2.75) is 19.4 Å². The Morgan fingerprint density at radius 3 is 2.52 bits per heavy atom. The number of carbonyl (C=O) groups excluding carboxylic acids is 1. The lowest BCUT2D eigenvalue weighted by atomic mass is 9.89. The van der Waals surface area contributed by atoms with Gasteiger partial charge in [0, 0.05) is 30.8 Å². The maximum Gasteiger partial charge on any atom is 0.328 e. The maximum atomic E-state index is 13.1. The number of carbonyl (C=O) groups is 2. The normalized spacial score (nSPS) is 19.3. The summed E-state index contributed by atoms with van der Waals surface area (Å²) in [7, 11) is 0. The molecule has 0 aliphatic carbocycles. The first-order chi connectivity index (χ1) is 12.8. The van der Waals surface area contributed by atoms with Gasteiger partial charge in [-0.1, -0.05) is 12.1 Å². The van der Waals surface area contributed by atoms with Gasteiger partial charge in [0.2, 0.25) is 5.91 Å². The summed E-state index contributed by atoms with van der Waals surface area (Å²) in [6, 6.07) is 5.53. The van der Waals surface area contributed by atoms with Gasteiger partial charge < -0.3 is 10.0 Å². The summed E-state index contributed by atoms with van der Waals surface area (Å²) in [6.45, 7) is 1.35. The molecule has 1 fully saturated rings. The molecular weight excluding hydrogens is 357 g/mol. The molecule has 3 rings (SSSR count). The summed E-state index contributed by atoms with van der Waals surface area (Å²) in [5.74, 6) is -3.20. The van der Waals surface area contributed by atoms with Crippen molar-refractivity contribution in [1.82, 2.24) is 14.5 Å². The van der Waals surface area contributed by atoms with Crippen molar-refractivity contribution >= 4 is 11.9 Å². The number of carboxylic acids is 1. The molecule has 1 aromatic heterocycles. The SMILES string of the molecule is Cc1cn(CC(=O)N2C[C@@H](C(=O)O)[C@H](c3ccc(F)cc3)C2)c(=O)[nH]c1=O. The number of aromatic nitrogens is 2. The third kappa shape index (κ3) is 3.81. The molecule has 1 aliphatic rings. The number of hydrogen-bond acceptors (Lipinski definition) is 4. The van der Waals surface area contributed by atoms with Gasteiger partial charge >= 0.3 is 11.7 Å². The number of H-pyrrole nitrogens is 1. The molecule has 0 radical (unpaired) electrons. The van der Waals surface area contributed by atoms with E-state index < -0.39 is 40.8 Å². The summed E-state index contributed by atoms with van der Waals surface area (Å²) in [6.07, 6.45) is 1.29. The zero-order valence-electron chi connectivity index (χ0n) is 14.5. The number of benzene rings is 1. The molecule has 0 unspecified atom stereocenters. The summed E-state index contributed by atoms with van der Waals surface area (Å²) in [5.41, 5.74) is -0.303. The minimum Gasteiger partial charge on any atom is -0.481 e. The monoisotopic (exact) mass is 375 g/mol. The van der Waals surface area contributed by atoms with Crippen molar-refractivity contribution in [1.29, 1.82) is 0 Å². The Hall–Kier alpha value is -3.23. The highest BCUT2D eigenvalue weighted by Gasteiger charge is 2.40. The van der Waals surface area contributed by atoms with E-state index in [4.69, 9.17) is 0 Å². The Balaban J connectivity index is 1.81. The van der Waals surface area contributed by atoms with Crippen molar-refractivity contribution in [3.63, 3.8) is 0 Å². The minimum atomic E-state index is -1.04. The summed E-state index contributed by atoms with van der Waals surface area (Å²) in [5, 5.41) is 9.49. The van der Waals surface area contributed by atoms with Crippen LogP contribution in [0.3, 0.4) is 0 Å². The van der Waals surface area contributed by atoms with Crippen LogP contribution >= 0.6 is 0 Å². The van der Waals surface area contributed by atoms with Gasteiger partial charge in [-0.3, -0.25) is 23.9 Å². The molecule has 0 bridgehead atoms. The fraction of sp³-hybridized carbons (Fsp3) is 0.333. The maximum absolute atomic E-state index is 13.1. The van der Waals surface area contributed by atoms with Crippen LogP contribution in [0.1, 0.15) is 17.0 Å². The molecule has 8 nitrogen and oxygen atoms in total. The van der Waals surface area contributed by atoms with Crippen LogP contribution in [0.5, 0.6) is 0 Å². The number of carboxylic acid groups (broad SMARTS) is 1. The molecule has 1 amide bonds. The van der Waals surface area contributed by atoms with Crippen molar-refractivity contribution in [3.05, 3.63) is 68.2 Å². The zero-order valence-corrected chi connectivity index (χ0v) is 14.5. The molecule has 0 saturated carbocycles. The van der Waals surface area contributed by atoms with Gasteiger partial charge in [0.05, 0.1) is 5.92 Å². The number of hydrogen-bond donors (Lipinski definition) is 2. The van der Waals surface area contributed by atoms with E-state index in [1.165, 1.54) is 42.3 Å². The second-order valence-corrected chi connectivity index (χ2v) is 6.60. The van der Waals surface area contributed by atoms with E-state index in [9.17, 15) is 28.7 Å². The number of aromatic amines is 1. The fourth-order valence-electron chi connectivity index (χ4n) is 3.29. The Morgan fingerprint density at radius 2 is 1.89 bits per heavy atom.